The van der Waals surface area contributed by atoms with Gasteiger partial charge in [0.25, 0.3) is 5.91 Å². The third-order valence-corrected chi connectivity index (χ3v) is 5.99. The molecule has 188 valence electrons. The number of benzene rings is 2. The minimum absolute atomic E-state index is 0.0880. The molecule has 0 unspecified atom stereocenters. The molecule has 0 saturated heterocycles. The lowest BCUT2D eigenvalue weighted by Gasteiger charge is -2.14. The molecule has 0 spiro atoms. The fourth-order valence-corrected chi connectivity index (χ4v) is 4.23. The molecule has 2 aromatic carbocycles. The minimum Gasteiger partial charge on any atom is -0.378 e. The van der Waals surface area contributed by atoms with Crippen LogP contribution in [0, 0.1) is 6.92 Å². The largest absolute Gasteiger partial charge is 0.416 e. The van der Waals surface area contributed by atoms with Gasteiger partial charge in [0.2, 0.25) is 10.0 Å². The van der Waals surface area contributed by atoms with Crippen molar-refractivity contribution in [1.29, 1.82) is 0 Å². The Hall–Kier alpha value is -3.93. The molecule has 2 aromatic heterocycles. The van der Waals surface area contributed by atoms with Crippen LogP contribution in [0.15, 0.2) is 54.6 Å². The van der Waals surface area contributed by atoms with Crippen LogP contribution < -0.4 is 9.62 Å². The Labute approximate surface area is 205 Å². The minimum atomic E-state index is -4.57. The highest BCUT2D eigenvalue weighted by Crippen LogP contribution is 2.35. The number of carbonyl (C=O) groups excluding carboxylic acids is 1. The van der Waals surface area contributed by atoms with E-state index in [1.165, 1.54) is 22.9 Å². The molecule has 0 aliphatic rings. The number of carbonyl (C=O) groups is 1. The summed E-state index contributed by atoms with van der Waals surface area (Å²) in [7, 11) is -0.118. The van der Waals surface area contributed by atoms with E-state index in [2.05, 4.69) is 10.1 Å². The van der Waals surface area contributed by atoms with Crippen molar-refractivity contribution in [2.75, 3.05) is 25.3 Å². The molecule has 0 aliphatic heterocycles. The zero-order valence-corrected chi connectivity index (χ0v) is 20.6. The van der Waals surface area contributed by atoms with E-state index in [0.717, 1.165) is 24.1 Å². The first-order chi connectivity index (χ1) is 16.7. The Balaban J connectivity index is 2.00. The van der Waals surface area contributed by atoms with Gasteiger partial charge in [-0.3, -0.25) is 4.79 Å². The molecular weight excluding hydrogens is 495 g/mol. The van der Waals surface area contributed by atoms with Gasteiger partial charge >= 0.3 is 6.18 Å². The number of nitrogens with one attached hydrogen (secondary N) is 1. The van der Waals surface area contributed by atoms with Gasteiger partial charge in [0.15, 0.2) is 5.65 Å². The Morgan fingerprint density at radius 2 is 1.72 bits per heavy atom. The van der Waals surface area contributed by atoms with Crippen LogP contribution in [-0.2, 0) is 16.2 Å². The Kier molecular flexibility index (Phi) is 6.25. The molecule has 36 heavy (non-hydrogen) atoms. The van der Waals surface area contributed by atoms with Crippen LogP contribution in [0.1, 0.15) is 21.7 Å². The van der Waals surface area contributed by atoms with Gasteiger partial charge in [-0.05, 0) is 54.4 Å². The third kappa shape index (κ3) is 5.03. The van der Waals surface area contributed by atoms with Gasteiger partial charge in [0.05, 0.1) is 28.6 Å². The zero-order chi connectivity index (χ0) is 26.4. The van der Waals surface area contributed by atoms with Gasteiger partial charge in [-0.1, -0.05) is 18.2 Å². The van der Waals surface area contributed by atoms with Crippen molar-refractivity contribution in [3.8, 4) is 16.8 Å². The summed E-state index contributed by atoms with van der Waals surface area (Å²) < 4.78 is 66.5. The maximum absolute atomic E-state index is 13.3. The highest BCUT2D eigenvalue weighted by Gasteiger charge is 2.31. The van der Waals surface area contributed by atoms with E-state index >= 15 is 0 Å². The second kappa shape index (κ2) is 8.94. The maximum atomic E-state index is 13.3. The lowest BCUT2D eigenvalue weighted by atomic mass is 10.0. The smallest absolute Gasteiger partial charge is 0.378 e. The Morgan fingerprint density at radius 1 is 1.06 bits per heavy atom. The van der Waals surface area contributed by atoms with Gasteiger partial charge in [0, 0.05) is 19.8 Å². The number of halogens is 3. The fourth-order valence-electron chi connectivity index (χ4n) is 3.79. The van der Waals surface area contributed by atoms with Crippen molar-refractivity contribution in [2.24, 2.45) is 0 Å². The number of rotatable bonds is 5. The summed E-state index contributed by atoms with van der Waals surface area (Å²) in [5.41, 5.74) is 1.71. The van der Waals surface area contributed by atoms with Crippen LogP contribution in [-0.4, -0.2) is 49.4 Å². The monoisotopic (exact) mass is 517 g/mol. The molecule has 0 bridgehead atoms. The number of hydrogen-bond acceptors (Lipinski definition) is 6. The van der Waals surface area contributed by atoms with Gasteiger partial charge in [-0.15, -0.1) is 0 Å². The topological polar surface area (TPSA) is 97.2 Å². The molecular formula is C24H22F3N5O3S. The number of alkyl halides is 3. The highest BCUT2D eigenvalue weighted by atomic mass is 32.2. The molecule has 1 amide bonds. The van der Waals surface area contributed by atoms with Gasteiger partial charge in [-0.25, -0.2) is 22.8 Å². The van der Waals surface area contributed by atoms with Crippen LogP contribution in [0.25, 0.3) is 27.8 Å². The van der Waals surface area contributed by atoms with E-state index in [1.54, 1.807) is 6.92 Å². The van der Waals surface area contributed by atoms with E-state index in [1.807, 2.05) is 48.0 Å². The first-order valence-corrected chi connectivity index (χ1v) is 12.5. The predicted octanol–water partition coefficient (Wildman–Crippen LogP) is 4.17. The lowest BCUT2D eigenvalue weighted by Crippen LogP contribution is -2.30. The quantitative estimate of drug-likeness (QED) is 0.427. The standard InChI is InChI=1S/C24H22F3N5O3S/c1-14-21-19(15-8-10-17(11-9-15)31(2)3)13-20(23(33)30-36(4,34)35)28-22(21)32(29-14)18-7-5-6-16(12-18)24(25,26)27/h5-13H,1-4H3,(H,30,33). The van der Waals surface area contributed by atoms with Crippen LogP contribution in [0.5, 0.6) is 0 Å². The number of sulfonamides is 1. The van der Waals surface area contributed by atoms with E-state index < -0.39 is 27.7 Å². The number of aryl methyl sites for hydroxylation is 1. The summed E-state index contributed by atoms with van der Waals surface area (Å²) in [5.74, 6) is -0.972. The van der Waals surface area contributed by atoms with Crippen LogP contribution in [0.3, 0.4) is 0 Å². The molecule has 0 aliphatic carbocycles. The summed E-state index contributed by atoms with van der Waals surface area (Å²) in [6.45, 7) is 1.68. The summed E-state index contributed by atoms with van der Waals surface area (Å²) in [5, 5.41) is 4.93. The normalized spacial score (nSPS) is 12.1. The molecule has 0 fully saturated rings. The number of aromatic nitrogens is 3. The van der Waals surface area contributed by atoms with Crippen molar-refractivity contribution in [2.45, 2.75) is 13.1 Å². The Bertz CT molecular complexity index is 1580. The molecule has 0 saturated carbocycles. The summed E-state index contributed by atoms with van der Waals surface area (Å²) >= 11 is 0. The SMILES string of the molecule is Cc1nn(-c2cccc(C(F)(F)F)c2)c2nc(C(=O)NS(C)(=O)=O)cc(-c3ccc(N(C)C)cc3)c12. The predicted molar refractivity (Wildman–Crippen MR) is 131 cm³/mol. The number of pyridine rings is 1. The average molecular weight is 518 g/mol. The zero-order valence-electron chi connectivity index (χ0n) is 19.8. The average Bonchev–Trinajstić information content (AvgIpc) is 3.13. The molecule has 0 radical (unpaired) electrons. The number of nitrogens with zero attached hydrogens (tertiary/aromatic N) is 4. The molecule has 12 heteroatoms. The van der Waals surface area contributed by atoms with E-state index in [4.69, 9.17) is 0 Å². The molecule has 4 rings (SSSR count). The van der Waals surface area contributed by atoms with E-state index in [0.29, 0.717) is 22.2 Å². The van der Waals surface area contributed by atoms with Crippen molar-refractivity contribution in [3.63, 3.8) is 0 Å². The van der Waals surface area contributed by atoms with Crippen molar-refractivity contribution in [3.05, 3.63) is 71.5 Å². The van der Waals surface area contributed by atoms with Gasteiger partial charge < -0.3 is 4.90 Å². The summed E-state index contributed by atoms with van der Waals surface area (Å²) in [6.07, 6.45) is -3.73. The van der Waals surface area contributed by atoms with Crippen molar-refractivity contribution >= 4 is 32.7 Å². The summed E-state index contributed by atoms with van der Waals surface area (Å²) in [4.78, 5) is 19.0. The molecule has 0 atom stereocenters. The maximum Gasteiger partial charge on any atom is 0.416 e. The number of fused-ring (bicyclic) bond motifs is 1. The molecule has 8 nitrogen and oxygen atoms in total. The van der Waals surface area contributed by atoms with Crippen LogP contribution in [0.2, 0.25) is 0 Å². The van der Waals surface area contributed by atoms with Crippen LogP contribution >= 0.6 is 0 Å². The summed E-state index contributed by atoms with van der Waals surface area (Å²) in [6, 6.07) is 13.4. The molecule has 4 aromatic rings. The van der Waals surface area contributed by atoms with Crippen LogP contribution in [0.4, 0.5) is 18.9 Å². The lowest BCUT2D eigenvalue weighted by molar-refractivity contribution is -0.137. The fraction of sp³-hybridized carbons (Fsp3) is 0.208. The van der Waals surface area contributed by atoms with Crippen molar-refractivity contribution < 1.29 is 26.4 Å². The molecule has 2 heterocycles. The first kappa shape index (κ1) is 25.2. The number of hydrogen-bond donors (Lipinski definition) is 1. The second-order valence-electron chi connectivity index (χ2n) is 8.44. The van der Waals surface area contributed by atoms with Gasteiger partial charge in [-0.2, -0.15) is 18.3 Å². The van der Waals surface area contributed by atoms with Crippen molar-refractivity contribution in [1.82, 2.24) is 19.5 Å². The van der Waals surface area contributed by atoms with E-state index in [-0.39, 0.29) is 17.0 Å². The number of amides is 1. The number of anilines is 1. The van der Waals surface area contributed by atoms with Gasteiger partial charge in [0.1, 0.15) is 5.69 Å². The van der Waals surface area contributed by atoms with E-state index in [9.17, 15) is 26.4 Å². The molecule has 1 N–H and O–H groups in total. The second-order valence-corrected chi connectivity index (χ2v) is 10.2. The third-order valence-electron chi connectivity index (χ3n) is 5.44. The Morgan fingerprint density at radius 3 is 2.31 bits per heavy atom. The highest BCUT2D eigenvalue weighted by molar-refractivity contribution is 7.89. The first-order valence-electron chi connectivity index (χ1n) is 10.6.